The maximum Gasteiger partial charge on any atom is 0.416 e. The molecule has 0 radical (unpaired) electrons. The van der Waals surface area contributed by atoms with Gasteiger partial charge in [-0.2, -0.15) is 13.2 Å². The Labute approximate surface area is 267 Å². The fourth-order valence-corrected chi connectivity index (χ4v) is 6.22. The number of rotatable bonds is 6. The Bertz CT molecular complexity index is 2040. The minimum Gasteiger partial charge on any atom is -0.399 e. The maximum atomic E-state index is 13.6. The average Bonchev–Trinajstić information content (AvgIpc) is 3.30. The summed E-state index contributed by atoms with van der Waals surface area (Å²) in [4.78, 5) is 41.6. The van der Waals surface area contributed by atoms with Crippen LogP contribution in [0.25, 0.3) is 22.3 Å². The first-order valence-corrected chi connectivity index (χ1v) is 14.9. The monoisotopic (exact) mass is 632 g/mol. The summed E-state index contributed by atoms with van der Waals surface area (Å²) in [6.45, 7) is -0.0873. The first kappa shape index (κ1) is 29.8. The Balaban J connectivity index is 1.18. The number of alkyl halides is 3. The van der Waals surface area contributed by atoms with Crippen molar-refractivity contribution in [1.29, 1.82) is 0 Å². The number of Topliss-reactive ketones (excluding diaryl/α,β-unsaturated/α-hetero) is 1. The topological polar surface area (TPSA) is 105 Å². The van der Waals surface area contributed by atoms with Crippen LogP contribution in [-0.4, -0.2) is 17.6 Å². The van der Waals surface area contributed by atoms with E-state index in [2.05, 4.69) is 10.6 Å². The SMILES string of the molecule is Nc1ccc(-c2ccc(NC(=O)CC3Nc4ccccc4-c4ccc5c(c43)C(=O)C(=O)N5Cc3ccc(C(F)(F)F)cc3)cc2)cc1. The number of ketones is 1. The van der Waals surface area contributed by atoms with Crippen LogP contribution in [0, 0.1) is 0 Å². The van der Waals surface area contributed by atoms with Crippen molar-refractivity contribution >= 4 is 40.3 Å². The summed E-state index contributed by atoms with van der Waals surface area (Å²) in [5.41, 5.74) is 12.0. The van der Waals surface area contributed by atoms with Crippen LogP contribution < -0.4 is 21.3 Å². The van der Waals surface area contributed by atoms with E-state index in [0.29, 0.717) is 28.2 Å². The Hall–Kier alpha value is -5.90. The van der Waals surface area contributed by atoms with Crippen LogP contribution in [0.4, 0.5) is 35.9 Å². The van der Waals surface area contributed by atoms with Gasteiger partial charge in [-0.1, -0.05) is 60.7 Å². The second-order valence-electron chi connectivity index (χ2n) is 11.5. The van der Waals surface area contributed by atoms with Crippen molar-refractivity contribution in [2.45, 2.75) is 25.2 Å². The van der Waals surface area contributed by atoms with Gasteiger partial charge >= 0.3 is 6.18 Å². The molecule has 0 spiro atoms. The normalized spacial score (nSPS) is 15.0. The van der Waals surface area contributed by atoms with Crippen LogP contribution in [-0.2, 0) is 22.3 Å². The number of benzene rings is 5. The van der Waals surface area contributed by atoms with Gasteiger partial charge in [0.1, 0.15) is 0 Å². The minimum atomic E-state index is -4.49. The van der Waals surface area contributed by atoms with E-state index in [4.69, 9.17) is 5.73 Å². The molecule has 2 amide bonds. The van der Waals surface area contributed by atoms with Crippen molar-refractivity contribution in [3.63, 3.8) is 0 Å². The second kappa shape index (κ2) is 11.5. The number of para-hydroxylation sites is 1. The highest BCUT2D eigenvalue weighted by Gasteiger charge is 2.42. The lowest BCUT2D eigenvalue weighted by Gasteiger charge is -2.31. The van der Waals surface area contributed by atoms with E-state index < -0.39 is 29.5 Å². The number of halogens is 3. The molecule has 2 aliphatic rings. The molecule has 2 heterocycles. The Morgan fingerprint density at radius 2 is 1.47 bits per heavy atom. The van der Waals surface area contributed by atoms with Crippen molar-refractivity contribution in [1.82, 2.24) is 0 Å². The Kier molecular flexibility index (Phi) is 7.27. The standard InChI is InChI=1S/C37H27F3N4O3/c38-37(39,40)24-11-5-21(6-12-24)20-44-31-18-17-28-27-3-1-2-4-29(27)43-30(33(28)34(31)35(46)36(44)47)19-32(45)42-26-15-9-23(10-16-26)22-7-13-25(41)14-8-22/h1-18,30,43H,19-20,41H2,(H,42,45). The van der Waals surface area contributed by atoms with Crippen LogP contribution in [0.2, 0.25) is 0 Å². The molecule has 7 nitrogen and oxygen atoms in total. The molecule has 7 rings (SSSR count). The van der Waals surface area contributed by atoms with Crippen molar-refractivity contribution in [2.24, 2.45) is 0 Å². The molecule has 1 atom stereocenters. The molecule has 0 aliphatic carbocycles. The summed E-state index contributed by atoms with van der Waals surface area (Å²) in [6, 6.07) is 29.7. The number of nitrogens with one attached hydrogen (secondary N) is 2. The fourth-order valence-electron chi connectivity index (χ4n) is 6.22. The van der Waals surface area contributed by atoms with E-state index in [0.717, 1.165) is 40.1 Å². The summed E-state index contributed by atoms with van der Waals surface area (Å²) >= 11 is 0. The number of hydrogen-bond acceptors (Lipinski definition) is 5. The third-order valence-corrected chi connectivity index (χ3v) is 8.50. The Morgan fingerprint density at radius 1 is 0.809 bits per heavy atom. The molecule has 5 aromatic carbocycles. The summed E-state index contributed by atoms with van der Waals surface area (Å²) in [7, 11) is 0. The third kappa shape index (κ3) is 5.58. The Morgan fingerprint density at radius 3 is 2.15 bits per heavy atom. The van der Waals surface area contributed by atoms with Gasteiger partial charge < -0.3 is 21.3 Å². The first-order valence-electron chi connectivity index (χ1n) is 14.9. The van der Waals surface area contributed by atoms with Crippen molar-refractivity contribution < 1.29 is 27.6 Å². The largest absolute Gasteiger partial charge is 0.416 e. The highest BCUT2D eigenvalue weighted by atomic mass is 19.4. The minimum absolute atomic E-state index is 0.0438. The van der Waals surface area contributed by atoms with Crippen LogP contribution >= 0.6 is 0 Å². The van der Waals surface area contributed by atoms with E-state index in [1.165, 1.54) is 17.0 Å². The van der Waals surface area contributed by atoms with E-state index in [1.807, 2.05) is 66.7 Å². The van der Waals surface area contributed by atoms with Gasteiger partial charge in [0.05, 0.1) is 35.8 Å². The third-order valence-electron chi connectivity index (χ3n) is 8.50. The van der Waals surface area contributed by atoms with E-state index in [9.17, 15) is 27.6 Å². The lowest BCUT2D eigenvalue weighted by molar-refractivity contribution is -0.137. The molecule has 1 unspecified atom stereocenters. The molecule has 2 aliphatic heterocycles. The molecule has 0 saturated heterocycles. The number of anilines is 4. The van der Waals surface area contributed by atoms with Crippen molar-refractivity contribution in [3.8, 4) is 22.3 Å². The molecular weight excluding hydrogens is 605 g/mol. The van der Waals surface area contributed by atoms with Gasteiger partial charge in [-0.05, 0) is 76.3 Å². The summed E-state index contributed by atoms with van der Waals surface area (Å²) in [6.07, 6.45) is -4.53. The molecule has 0 saturated carbocycles. The lowest BCUT2D eigenvalue weighted by atomic mass is 9.84. The second-order valence-corrected chi connectivity index (χ2v) is 11.5. The number of amides is 2. The average molecular weight is 633 g/mol. The number of carbonyl (C=O) groups excluding carboxylic acids is 3. The molecule has 10 heteroatoms. The van der Waals surface area contributed by atoms with Crippen LogP contribution in [0.1, 0.15) is 39.5 Å². The van der Waals surface area contributed by atoms with Crippen LogP contribution in [0.5, 0.6) is 0 Å². The number of nitrogens with two attached hydrogens (primary N) is 1. The summed E-state index contributed by atoms with van der Waals surface area (Å²) < 4.78 is 39.3. The zero-order valence-corrected chi connectivity index (χ0v) is 24.8. The van der Waals surface area contributed by atoms with Gasteiger partial charge in [0, 0.05) is 22.6 Å². The first-order chi connectivity index (χ1) is 22.6. The summed E-state index contributed by atoms with van der Waals surface area (Å²) in [5, 5.41) is 6.33. The van der Waals surface area contributed by atoms with Gasteiger partial charge in [-0.25, -0.2) is 0 Å². The quantitative estimate of drug-likeness (QED) is 0.131. The van der Waals surface area contributed by atoms with Gasteiger partial charge in [0.2, 0.25) is 5.91 Å². The van der Waals surface area contributed by atoms with Gasteiger partial charge in [0.15, 0.2) is 0 Å². The van der Waals surface area contributed by atoms with E-state index in [1.54, 1.807) is 18.2 Å². The lowest BCUT2D eigenvalue weighted by Crippen LogP contribution is -2.29. The van der Waals surface area contributed by atoms with Gasteiger partial charge in [-0.15, -0.1) is 0 Å². The van der Waals surface area contributed by atoms with Crippen molar-refractivity contribution in [3.05, 3.63) is 131 Å². The maximum absolute atomic E-state index is 13.6. The molecular formula is C37H27F3N4O3. The van der Waals surface area contributed by atoms with Crippen molar-refractivity contribution in [2.75, 3.05) is 21.3 Å². The van der Waals surface area contributed by atoms with E-state index >= 15 is 0 Å². The van der Waals surface area contributed by atoms with Gasteiger partial charge in [-0.3, -0.25) is 14.4 Å². The number of nitrogen functional groups attached to an aromatic ring is 1. The fraction of sp³-hybridized carbons (Fsp3) is 0.108. The highest BCUT2D eigenvalue weighted by Crippen LogP contribution is 2.48. The summed E-state index contributed by atoms with van der Waals surface area (Å²) in [5.74, 6) is -1.81. The predicted octanol–water partition coefficient (Wildman–Crippen LogP) is 7.85. The smallest absolute Gasteiger partial charge is 0.399 e. The molecule has 234 valence electrons. The molecule has 0 bridgehead atoms. The molecule has 0 fully saturated rings. The zero-order chi connectivity index (χ0) is 32.9. The zero-order valence-electron chi connectivity index (χ0n) is 24.8. The number of hydrogen-bond donors (Lipinski definition) is 3. The predicted molar refractivity (Wildman–Crippen MR) is 175 cm³/mol. The van der Waals surface area contributed by atoms with E-state index in [-0.39, 0.29) is 24.4 Å². The molecule has 47 heavy (non-hydrogen) atoms. The van der Waals surface area contributed by atoms with Crippen LogP contribution in [0.3, 0.4) is 0 Å². The van der Waals surface area contributed by atoms with Gasteiger partial charge in [0.25, 0.3) is 11.7 Å². The number of nitrogens with zero attached hydrogens (tertiary/aromatic N) is 1. The number of carbonyl (C=O) groups is 3. The highest BCUT2D eigenvalue weighted by molar-refractivity contribution is 6.52. The molecule has 0 aromatic heterocycles. The van der Waals surface area contributed by atoms with Crippen LogP contribution in [0.15, 0.2) is 109 Å². The molecule has 5 aromatic rings. The number of fused-ring (bicyclic) bond motifs is 5. The molecule has 4 N–H and O–H groups in total.